The minimum Gasteiger partial charge on any atom is -0.485 e. The second kappa shape index (κ2) is 7.11. The minimum absolute atomic E-state index is 0.329. The molecule has 1 aliphatic heterocycles. The first-order chi connectivity index (χ1) is 11.3. The van der Waals surface area contributed by atoms with Crippen molar-refractivity contribution < 1.29 is 14.0 Å². The molecule has 0 spiro atoms. The highest BCUT2D eigenvalue weighted by atomic mass is 16.6. The summed E-state index contributed by atoms with van der Waals surface area (Å²) >= 11 is 0. The van der Waals surface area contributed by atoms with Crippen LogP contribution >= 0.6 is 0 Å². The van der Waals surface area contributed by atoms with E-state index in [-0.39, 0.29) is 0 Å². The molecule has 1 aliphatic rings. The predicted octanol–water partition coefficient (Wildman–Crippen LogP) is 2.32. The maximum atomic E-state index is 8.85. The summed E-state index contributed by atoms with van der Waals surface area (Å²) in [6, 6.07) is 9.62. The molecule has 1 unspecified atom stereocenters. The molecule has 0 saturated heterocycles. The summed E-state index contributed by atoms with van der Waals surface area (Å²) in [6.07, 6.45) is 0.546. The van der Waals surface area contributed by atoms with Gasteiger partial charge in [0.25, 0.3) is 5.89 Å². The molecule has 0 saturated carbocycles. The maximum Gasteiger partial charge on any atom is 0.271 e. The van der Waals surface area contributed by atoms with Crippen molar-refractivity contribution in [2.75, 3.05) is 19.7 Å². The lowest BCUT2D eigenvalue weighted by Crippen LogP contribution is -2.25. The van der Waals surface area contributed by atoms with Crippen LogP contribution in [0.4, 0.5) is 0 Å². The molecular formula is C16H18N4O3. The van der Waals surface area contributed by atoms with Crippen molar-refractivity contribution in [3.05, 3.63) is 36.0 Å². The van der Waals surface area contributed by atoms with E-state index in [1.54, 1.807) is 0 Å². The van der Waals surface area contributed by atoms with Gasteiger partial charge >= 0.3 is 0 Å². The molecule has 0 aliphatic carbocycles. The molecule has 1 atom stereocenters. The van der Waals surface area contributed by atoms with Crippen LogP contribution in [0.25, 0.3) is 0 Å². The van der Waals surface area contributed by atoms with Crippen LogP contribution in [-0.4, -0.2) is 34.7 Å². The quantitative estimate of drug-likeness (QED) is 0.756. The first-order valence-corrected chi connectivity index (χ1v) is 7.60. The lowest BCUT2D eigenvalue weighted by Gasteiger charge is -2.23. The van der Waals surface area contributed by atoms with Gasteiger partial charge in [0.05, 0.1) is 19.2 Å². The van der Waals surface area contributed by atoms with Crippen LogP contribution in [0.5, 0.6) is 11.5 Å². The normalized spacial score (nSPS) is 16.3. The largest absolute Gasteiger partial charge is 0.485 e. The fourth-order valence-electron chi connectivity index (χ4n) is 2.43. The van der Waals surface area contributed by atoms with Gasteiger partial charge in [-0.2, -0.15) is 10.2 Å². The van der Waals surface area contributed by atoms with Crippen molar-refractivity contribution >= 4 is 0 Å². The average molecular weight is 314 g/mol. The number of nitrogens with zero attached hydrogens (tertiary/aromatic N) is 4. The number of rotatable bonds is 6. The Morgan fingerprint density at radius 3 is 2.96 bits per heavy atom. The fourth-order valence-corrected chi connectivity index (χ4v) is 2.43. The van der Waals surface area contributed by atoms with Crippen LogP contribution < -0.4 is 9.47 Å². The number of para-hydroxylation sites is 2. The number of nitriles is 1. The Balaban J connectivity index is 1.67. The topological polar surface area (TPSA) is 84.4 Å². The standard InChI is InChI=1S/C16H18N4O3/c1-2-8-20(9-7-17)10-15-18-16(23-19-15)14-11-21-12-5-3-4-6-13(12)22-14/h3-6,14H,2,8-11H2,1H3. The summed E-state index contributed by atoms with van der Waals surface area (Å²) in [4.78, 5) is 6.35. The van der Waals surface area contributed by atoms with Crippen molar-refractivity contribution in [1.82, 2.24) is 15.0 Å². The Labute approximate surface area is 134 Å². The molecule has 0 radical (unpaired) electrons. The van der Waals surface area contributed by atoms with Crippen LogP contribution in [0.2, 0.25) is 0 Å². The summed E-state index contributed by atoms with van der Waals surface area (Å²) in [7, 11) is 0. The molecule has 2 aromatic rings. The second-order valence-electron chi connectivity index (χ2n) is 5.28. The van der Waals surface area contributed by atoms with Crippen LogP contribution in [0.1, 0.15) is 31.2 Å². The van der Waals surface area contributed by atoms with Crippen molar-refractivity contribution in [3.8, 4) is 17.6 Å². The van der Waals surface area contributed by atoms with Gasteiger partial charge in [-0.3, -0.25) is 4.90 Å². The molecule has 0 amide bonds. The van der Waals surface area contributed by atoms with E-state index in [0.29, 0.717) is 42.9 Å². The maximum absolute atomic E-state index is 8.85. The number of hydrogen-bond acceptors (Lipinski definition) is 7. The average Bonchev–Trinajstić information content (AvgIpc) is 3.03. The third-order valence-electron chi connectivity index (χ3n) is 3.47. The van der Waals surface area contributed by atoms with Crippen molar-refractivity contribution in [1.29, 1.82) is 5.26 Å². The van der Waals surface area contributed by atoms with Gasteiger partial charge in [-0.25, -0.2) is 0 Å². The number of benzene rings is 1. The third-order valence-corrected chi connectivity index (χ3v) is 3.47. The van der Waals surface area contributed by atoms with Crippen LogP contribution in [-0.2, 0) is 6.54 Å². The molecule has 2 heterocycles. The smallest absolute Gasteiger partial charge is 0.271 e. The number of aromatic nitrogens is 2. The van der Waals surface area contributed by atoms with Crippen molar-refractivity contribution in [2.24, 2.45) is 0 Å². The Hall–Kier alpha value is -2.59. The zero-order valence-corrected chi connectivity index (χ0v) is 12.9. The highest BCUT2D eigenvalue weighted by Gasteiger charge is 2.27. The third kappa shape index (κ3) is 3.60. The molecule has 7 heteroatoms. The highest BCUT2D eigenvalue weighted by molar-refractivity contribution is 5.40. The molecule has 120 valence electrons. The first kappa shape index (κ1) is 15.3. The molecule has 3 rings (SSSR count). The van der Waals surface area contributed by atoms with E-state index in [4.69, 9.17) is 19.3 Å². The van der Waals surface area contributed by atoms with E-state index >= 15 is 0 Å². The van der Waals surface area contributed by atoms with Gasteiger partial charge in [-0.05, 0) is 25.1 Å². The van der Waals surface area contributed by atoms with E-state index in [9.17, 15) is 0 Å². The van der Waals surface area contributed by atoms with Gasteiger partial charge in [-0.15, -0.1) is 0 Å². The Morgan fingerprint density at radius 1 is 1.35 bits per heavy atom. The molecule has 0 bridgehead atoms. The van der Waals surface area contributed by atoms with Gasteiger partial charge < -0.3 is 14.0 Å². The molecular weight excluding hydrogens is 296 g/mol. The summed E-state index contributed by atoms with van der Waals surface area (Å²) in [5.74, 6) is 2.32. The summed E-state index contributed by atoms with van der Waals surface area (Å²) in [6.45, 7) is 4.03. The number of hydrogen-bond donors (Lipinski definition) is 0. The summed E-state index contributed by atoms with van der Waals surface area (Å²) < 4.78 is 16.8. The molecule has 23 heavy (non-hydrogen) atoms. The van der Waals surface area contributed by atoms with Gasteiger partial charge in [0, 0.05) is 0 Å². The van der Waals surface area contributed by atoms with Crippen molar-refractivity contribution in [3.63, 3.8) is 0 Å². The van der Waals surface area contributed by atoms with Crippen LogP contribution in [0, 0.1) is 11.3 Å². The highest BCUT2D eigenvalue weighted by Crippen LogP contribution is 2.35. The van der Waals surface area contributed by atoms with Gasteiger partial charge in [0.1, 0.15) is 6.61 Å². The van der Waals surface area contributed by atoms with E-state index < -0.39 is 6.10 Å². The molecule has 0 N–H and O–H groups in total. The predicted molar refractivity (Wildman–Crippen MR) is 80.8 cm³/mol. The molecule has 1 aromatic heterocycles. The molecule has 0 fully saturated rings. The number of ether oxygens (including phenoxy) is 2. The summed E-state index contributed by atoms with van der Waals surface area (Å²) in [5.41, 5.74) is 0. The minimum atomic E-state index is -0.415. The van der Waals surface area contributed by atoms with E-state index in [1.807, 2.05) is 29.2 Å². The first-order valence-electron chi connectivity index (χ1n) is 7.60. The second-order valence-corrected chi connectivity index (χ2v) is 5.28. The molecule has 7 nitrogen and oxygen atoms in total. The fraction of sp³-hybridized carbons (Fsp3) is 0.438. The van der Waals surface area contributed by atoms with Crippen molar-refractivity contribution in [2.45, 2.75) is 26.0 Å². The lowest BCUT2D eigenvalue weighted by molar-refractivity contribution is 0.0665. The Morgan fingerprint density at radius 2 is 2.17 bits per heavy atom. The zero-order chi connectivity index (χ0) is 16.1. The van der Waals surface area contributed by atoms with Gasteiger partial charge in [0.2, 0.25) is 6.10 Å². The van der Waals surface area contributed by atoms with Gasteiger partial charge in [-0.1, -0.05) is 24.2 Å². The van der Waals surface area contributed by atoms with Gasteiger partial charge in [0.15, 0.2) is 17.3 Å². The monoisotopic (exact) mass is 314 g/mol. The Bertz CT molecular complexity index is 695. The van der Waals surface area contributed by atoms with Crippen LogP contribution in [0.15, 0.2) is 28.8 Å². The number of fused-ring (bicyclic) bond motifs is 1. The SMILES string of the molecule is CCCN(CC#N)Cc1noc(C2COc3ccccc3O2)n1. The Kier molecular flexibility index (Phi) is 4.74. The van der Waals surface area contributed by atoms with Crippen LogP contribution in [0.3, 0.4) is 0 Å². The summed E-state index contributed by atoms with van der Waals surface area (Å²) in [5, 5.41) is 12.8. The van der Waals surface area contributed by atoms with E-state index in [2.05, 4.69) is 23.1 Å². The van der Waals surface area contributed by atoms with E-state index in [1.165, 1.54) is 0 Å². The van der Waals surface area contributed by atoms with E-state index in [0.717, 1.165) is 13.0 Å². The molecule has 1 aromatic carbocycles. The zero-order valence-electron chi connectivity index (χ0n) is 12.9. The lowest BCUT2D eigenvalue weighted by atomic mass is 10.2.